The highest BCUT2D eigenvalue weighted by molar-refractivity contribution is 7.89. The zero-order valence-electron chi connectivity index (χ0n) is 16.5. The highest BCUT2D eigenvalue weighted by atomic mass is 35.5. The second kappa shape index (κ2) is 9.61. The molecule has 8 heteroatoms. The van der Waals surface area contributed by atoms with Crippen molar-refractivity contribution in [3.8, 4) is 0 Å². The molecule has 3 rings (SSSR count). The van der Waals surface area contributed by atoms with E-state index in [1.807, 2.05) is 12.1 Å². The van der Waals surface area contributed by atoms with Crippen molar-refractivity contribution < 1.29 is 13.2 Å². The number of sulfonamides is 1. The molecule has 1 fully saturated rings. The van der Waals surface area contributed by atoms with Crippen LogP contribution in [0.25, 0.3) is 0 Å². The van der Waals surface area contributed by atoms with Gasteiger partial charge in [-0.25, -0.2) is 13.2 Å². The van der Waals surface area contributed by atoms with Crippen molar-refractivity contribution in [3.05, 3.63) is 64.7 Å². The smallest absolute Gasteiger partial charge is 0.317 e. The van der Waals surface area contributed by atoms with Gasteiger partial charge in [0.2, 0.25) is 10.0 Å². The molecule has 1 saturated heterocycles. The summed E-state index contributed by atoms with van der Waals surface area (Å²) >= 11 is 5.89. The van der Waals surface area contributed by atoms with Gasteiger partial charge in [-0.2, -0.15) is 4.31 Å². The molecule has 1 heterocycles. The fourth-order valence-corrected chi connectivity index (χ4v) is 5.25. The Kier molecular flexibility index (Phi) is 7.16. The second-order valence-electron chi connectivity index (χ2n) is 7.21. The first-order valence-electron chi connectivity index (χ1n) is 9.69. The summed E-state index contributed by atoms with van der Waals surface area (Å²) in [6.45, 7) is 1.67. The Morgan fingerprint density at radius 1 is 1.07 bits per heavy atom. The van der Waals surface area contributed by atoms with Crippen LogP contribution in [0.2, 0.25) is 5.02 Å². The van der Waals surface area contributed by atoms with Gasteiger partial charge in [-0.05, 0) is 42.2 Å². The first-order valence-corrected chi connectivity index (χ1v) is 11.5. The summed E-state index contributed by atoms with van der Waals surface area (Å²) in [6.07, 6.45) is 2.82. The summed E-state index contributed by atoms with van der Waals surface area (Å²) in [5.41, 5.74) is 1.55. The zero-order chi connectivity index (χ0) is 20.9. The van der Waals surface area contributed by atoms with E-state index in [9.17, 15) is 13.2 Å². The van der Waals surface area contributed by atoms with Crippen LogP contribution in [0.15, 0.2) is 53.4 Å². The summed E-state index contributed by atoms with van der Waals surface area (Å²) in [7, 11) is -1.86. The Balaban J connectivity index is 1.66. The number of carbonyl (C=O) groups excluding carboxylic acids is 1. The molecule has 0 saturated carbocycles. The predicted molar refractivity (Wildman–Crippen MR) is 114 cm³/mol. The number of amides is 2. The molecule has 1 aliphatic rings. The van der Waals surface area contributed by atoms with Crippen molar-refractivity contribution in [2.24, 2.45) is 0 Å². The van der Waals surface area contributed by atoms with Crippen LogP contribution in [0, 0.1) is 0 Å². The molecule has 0 aromatic heterocycles. The maximum absolute atomic E-state index is 13.0. The Morgan fingerprint density at radius 2 is 1.72 bits per heavy atom. The van der Waals surface area contributed by atoms with E-state index in [1.54, 1.807) is 52.7 Å². The molecule has 2 aromatic carbocycles. The molecule has 0 spiro atoms. The number of piperidine rings is 1. The maximum atomic E-state index is 13.0. The van der Waals surface area contributed by atoms with Crippen molar-refractivity contribution in [1.82, 2.24) is 14.5 Å². The van der Waals surface area contributed by atoms with Gasteiger partial charge in [0, 0.05) is 38.2 Å². The van der Waals surface area contributed by atoms with Crippen molar-refractivity contribution >= 4 is 27.7 Å². The lowest BCUT2D eigenvalue weighted by atomic mass is 10.2. The molecule has 2 aromatic rings. The minimum atomic E-state index is -3.56. The molecule has 1 aliphatic heterocycles. The van der Waals surface area contributed by atoms with E-state index in [-0.39, 0.29) is 17.5 Å². The molecule has 29 heavy (non-hydrogen) atoms. The summed E-state index contributed by atoms with van der Waals surface area (Å²) in [4.78, 5) is 14.3. The molecule has 1 N–H and O–H groups in total. The number of hydrogen-bond donors (Lipinski definition) is 1. The van der Waals surface area contributed by atoms with Gasteiger partial charge < -0.3 is 10.2 Å². The predicted octanol–water partition coefficient (Wildman–Crippen LogP) is 3.86. The summed E-state index contributed by atoms with van der Waals surface area (Å²) in [5.74, 6) is 0. The van der Waals surface area contributed by atoms with Gasteiger partial charge in [0.25, 0.3) is 0 Å². The molecule has 0 aliphatic carbocycles. The lowest BCUT2D eigenvalue weighted by molar-refractivity contribution is 0.206. The van der Waals surface area contributed by atoms with E-state index in [0.717, 1.165) is 24.8 Å². The van der Waals surface area contributed by atoms with E-state index < -0.39 is 10.0 Å². The number of benzene rings is 2. The maximum Gasteiger partial charge on any atom is 0.317 e. The highest BCUT2D eigenvalue weighted by Gasteiger charge is 2.28. The Morgan fingerprint density at radius 3 is 2.41 bits per heavy atom. The number of rotatable bonds is 6. The Hall–Kier alpha value is -2.09. The number of hydrogen-bond acceptors (Lipinski definition) is 3. The van der Waals surface area contributed by atoms with Crippen LogP contribution in [0.1, 0.15) is 30.4 Å². The largest absolute Gasteiger partial charge is 0.334 e. The van der Waals surface area contributed by atoms with E-state index in [1.165, 1.54) is 0 Å². The average Bonchev–Trinajstić information content (AvgIpc) is 2.74. The molecule has 2 amide bonds. The monoisotopic (exact) mass is 435 g/mol. The van der Waals surface area contributed by atoms with Crippen LogP contribution in [0.5, 0.6) is 0 Å². The van der Waals surface area contributed by atoms with Gasteiger partial charge >= 0.3 is 6.03 Å². The van der Waals surface area contributed by atoms with Crippen LogP contribution >= 0.6 is 11.6 Å². The minimum Gasteiger partial charge on any atom is -0.334 e. The van der Waals surface area contributed by atoms with Gasteiger partial charge in [0.1, 0.15) is 0 Å². The zero-order valence-corrected chi connectivity index (χ0v) is 18.0. The van der Waals surface area contributed by atoms with Gasteiger partial charge in [-0.3, -0.25) is 0 Å². The van der Waals surface area contributed by atoms with Gasteiger partial charge in [0.05, 0.1) is 4.90 Å². The molecule has 6 nitrogen and oxygen atoms in total. The molecule has 156 valence electrons. The Labute approximate surface area is 177 Å². The van der Waals surface area contributed by atoms with Crippen molar-refractivity contribution in [3.63, 3.8) is 0 Å². The SMILES string of the molecule is CN(Cc1ccc(Cl)cc1)C(=O)NCc1ccccc1S(=O)(=O)N1CCCCC1. The first-order chi connectivity index (χ1) is 13.9. The average molecular weight is 436 g/mol. The highest BCUT2D eigenvalue weighted by Crippen LogP contribution is 2.23. The van der Waals surface area contributed by atoms with Crippen LogP contribution in [0.3, 0.4) is 0 Å². The molecule has 0 bridgehead atoms. The van der Waals surface area contributed by atoms with E-state index in [0.29, 0.717) is 30.2 Å². The minimum absolute atomic E-state index is 0.146. The van der Waals surface area contributed by atoms with Crippen LogP contribution < -0.4 is 5.32 Å². The first kappa shape index (κ1) is 21.6. The number of urea groups is 1. The van der Waals surface area contributed by atoms with Gasteiger partial charge in [-0.1, -0.05) is 48.4 Å². The standard InChI is InChI=1S/C21H26ClN3O3S/c1-24(16-17-9-11-19(22)12-10-17)21(26)23-15-18-7-3-4-8-20(18)29(27,28)25-13-5-2-6-14-25/h3-4,7-12H,2,5-6,13-16H2,1H3,(H,23,26). The van der Waals surface area contributed by atoms with Crippen LogP contribution in [-0.2, 0) is 23.1 Å². The molecular formula is C21H26ClN3O3S. The fraction of sp³-hybridized carbons (Fsp3) is 0.381. The molecule has 0 atom stereocenters. The molecule has 0 radical (unpaired) electrons. The summed E-state index contributed by atoms with van der Waals surface area (Å²) in [5, 5.41) is 3.47. The Bertz CT molecular complexity index is 942. The third-order valence-corrected chi connectivity index (χ3v) is 7.27. The molecular weight excluding hydrogens is 410 g/mol. The van der Waals surface area contributed by atoms with E-state index >= 15 is 0 Å². The fourth-order valence-electron chi connectivity index (χ4n) is 3.39. The topological polar surface area (TPSA) is 69.7 Å². The summed E-state index contributed by atoms with van der Waals surface area (Å²) < 4.78 is 27.6. The lowest BCUT2D eigenvalue weighted by Crippen LogP contribution is -2.38. The normalized spacial score (nSPS) is 15.1. The van der Waals surface area contributed by atoms with Crippen molar-refractivity contribution in [2.45, 2.75) is 37.2 Å². The van der Waals surface area contributed by atoms with Crippen molar-refractivity contribution in [1.29, 1.82) is 0 Å². The van der Waals surface area contributed by atoms with Gasteiger partial charge in [0.15, 0.2) is 0 Å². The van der Waals surface area contributed by atoms with Gasteiger partial charge in [-0.15, -0.1) is 0 Å². The number of halogens is 1. The van der Waals surface area contributed by atoms with E-state index in [4.69, 9.17) is 11.6 Å². The summed E-state index contributed by atoms with van der Waals surface area (Å²) in [6, 6.07) is 13.9. The third kappa shape index (κ3) is 5.50. The van der Waals surface area contributed by atoms with E-state index in [2.05, 4.69) is 5.32 Å². The second-order valence-corrected chi connectivity index (χ2v) is 9.56. The quantitative estimate of drug-likeness (QED) is 0.749. The van der Waals surface area contributed by atoms with Crippen LogP contribution in [0.4, 0.5) is 4.79 Å². The van der Waals surface area contributed by atoms with Crippen LogP contribution in [-0.4, -0.2) is 43.8 Å². The third-order valence-electron chi connectivity index (χ3n) is 5.02. The van der Waals surface area contributed by atoms with Crippen molar-refractivity contribution in [2.75, 3.05) is 20.1 Å². The lowest BCUT2D eigenvalue weighted by Gasteiger charge is -2.27. The molecule has 0 unspecified atom stereocenters. The number of carbonyl (C=O) groups is 1. The number of nitrogens with zero attached hydrogens (tertiary/aromatic N) is 2. The number of nitrogens with one attached hydrogen (secondary N) is 1.